The first-order valence-electron chi connectivity index (χ1n) is 21.8. The van der Waals surface area contributed by atoms with Crippen molar-refractivity contribution in [1.29, 1.82) is 0 Å². The molecule has 2 heterocycles. The van der Waals surface area contributed by atoms with Gasteiger partial charge in [0.1, 0.15) is 5.69 Å². The summed E-state index contributed by atoms with van der Waals surface area (Å²) in [4.78, 5) is 49.1. The van der Waals surface area contributed by atoms with Crippen LogP contribution >= 0.6 is 8.60 Å². The van der Waals surface area contributed by atoms with Gasteiger partial charge in [-0.05, 0) is 24.5 Å². The van der Waals surface area contributed by atoms with Gasteiger partial charge in [-0.25, -0.2) is 4.68 Å². The molecule has 1 atom stereocenters. The number of unbranched alkanes of at least 4 members (excludes halogenated alkanes) is 3. The number of nitrogens with one attached hydrogen (secondary N) is 2. The molecule has 18 heteroatoms. The lowest BCUT2D eigenvalue weighted by Gasteiger charge is -2.28. The second-order valence-corrected chi connectivity index (χ2v) is 15.3. The monoisotopic (exact) mass is 888 g/mol. The molecule has 1 unspecified atom stereocenters. The molecule has 0 bridgehead atoms. The molecule has 0 radical (unpaired) electrons. The average molecular weight is 889 g/mol. The SMILES string of the molecule is CC.COP(O)OCCCCCCNC(=O)CCC(=O)N1Cc2ccccc2-c2c(nnn2CCOCCOCCOCCOCCOCCNC(=O)C(C)C)-c2ccccc21. The van der Waals surface area contributed by atoms with Gasteiger partial charge < -0.3 is 53.2 Å². The number of anilines is 1. The minimum absolute atomic E-state index is 0.0173. The molecule has 0 spiro atoms. The molecule has 1 aliphatic rings. The van der Waals surface area contributed by atoms with E-state index in [1.165, 1.54) is 7.11 Å². The van der Waals surface area contributed by atoms with Gasteiger partial charge in [0.15, 0.2) is 0 Å². The van der Waals surface area contributed by atoms with Crippen LogP contribution in [0.4, 0.5) is 5.69 Å². The molecule has 0 aliphatic carbocycles. The average Bonchev–Trinajstić information content (AvgIpc) is 3.70. The van der Waals surface area contributed by atoms with Gasteiger partial charge in [0.05, 0.1) is 97.1 Å². The maximum Gasteiger partial charge on any atom is 0.329 e. The van der Waals surface area contributed by atoms with Crippen LogP contribution < -0.4 is 15.5 Å². The highest BCUT2D eigenvalue weighted by molar-refractivity contribution is 7.40. The van der Waals surface area contributed by atoms with Crippen LogP contribution in [0.1, 0.15) is 71.8 Å². The maximum atomic E-state index is 13.8. The van der Waals surface area contributed by atoms with Gasteiger partial charge in [0, 0.05) is 50.1 Å². The largest absolute Gasteiger partial charge is 0.377 e. The van der Waals surface area contributed by atoms with Crippen molar-refractivity contribution in [3.63, 3.8) is 0 Å². The quantitative estimate of drug-likeness (QED) is 0.0529. The van der Waals surface area contributed by atoms with Crippen molar-refractivity contribution in [2.24, 2.45) is 5.92 Å². The molecule has 3 aromatic rings. The fourth-order valence-electron chi connectivity index (χ4n) is 6.22. The number of rotatable bonds is 31. The van der Waals surface area contributed by atoms with Gasteiger partial charge in [-0.3, -0.25) is 14.4 Å². The zero-order valence-electron chi connectivity index (χ0n) is 37.3. The van der Waals surface area contributed by atoms with E-state index in [4.69, 9.17) is 32.7 Å². The zero-order valence-corrected chi connectivity index (χ0v) is 38.2. The second kappa shape index (κ2) is 31.9. The van der Waals surface area contributed by atoms with E-state index < -0.39 is 8.60 Å². The van der Waals surface area contributed by atoms with Gasteiger partial charge in [-0.1, -0.05) is 88.2 Å². The molecule has 0 saturated carbocycles. The van der Waals surface area contributed by atoms with E-state index in [0.29, 0.717) is 110 Å². The van der Waals surface area contributed by atoms with Crippen molar-refractivity contribution in [3.8, 4) is 22.5 Å². The Morgan fingerprint density at radius 3 is 1.98 bits per heavy atom. The van der Waals surface area contributed by atoms with Gasteiger partial charge in [0.25, 0.3) is 0 Å². The van der Waals surface area contributed by atoms with E-state index in [1.54, 1.807) is 4.90 Å². The van der Waals surface area contributed by atoms with Crippen molar-refractivity contribution in [3.05, 3.63) is 54.1 Å². The van der Waals surface area contributed by atoms with E-state index in [1.807, 2.05) is 80.9 Å². The summed E-state index contributed by atoms with van der Waals surface area (Å²) in [6.07, 6.45) is 3.58. The minimum atomic E-state index is -1.79. The highest BCUT2D eigenvalue weighted by Crippen LogP contribution is 2.41. The molecule has 346 valence electrons. The number of fused-ring (bicyclic) bond motifs is 5. The van der Waals surface area contributed by atoms with Crippen LogP contribution in [0.3, 0.4) is 0 Å². The Morgan fingerprint density at radius 2 is 1.32 bits per heavy atom. The molecule has 3 amide bonds. The Bertz CT molecular complexity index is 1710. The standard InChI is InChI=1S/C42H63N6O11P.C2H6/c1-33(2)42(51)44-19-22-54-24-26-56-28-30-58-31-29-57-27-25-55-23-20-48-41-35-13-7-6-12-34(35)32-47(37-15-9-8-14-36(37)40(41)45-46-48)39(50)17-16-38(49)43-18-10-4-5-11-21-59-60(52)53-3;1-2/h6-9,12-15,33,52H,4-5,10-11,16-32H2,1-3H3,(H,43,49)(H,44,51);1-2H3. The first-order chi connectivity index (χ1) is 30.3. The van der Waals surface area contributed by atoms with Crippen LogP contribution in [0.2, 0.25) is 0 Å². The van der Waals surface area contributed by atoms with Crippen LogP contribution in [0.5, 0.6) is 0 Å². The number of carbonyl (C=O) groups excluding carboxylic acids is 3. The Morgan fingerprint density at radius 1 is 0.726 bits per heavy atom. The first-order valence-corrected chi connectivity index (χ1v) is 22.9. The number of hydrogen-bond donors (Lipinski definition) is 3. The number of aromatic nitrogens is 3. The molecule has 4 rings (SSSR count). The molecule has 1 aliphatic heterocycles. The predicted molar refractivity (Wildman–Crippen MR) is 238 cm³/mol. The van der Waals surface area contributed by atoms with Gasteiger partial charge >= 0.3 is 8.60 Å². The normalized spacial score (nSPS) is 12.3. The topological polar surface area (TPSA) is 194 Å². The van der Waals surface area contributed by atoms with Crippen molar-refractivity contribution < 1.29 is 52.0 Å². The van der Waals surface area contributed by atoms with Crippen LogP contribution in [-0.4, -0.2) is 130 Å². The predicted octanol–water partition coefficient (Wildman–Crippen LogP) is 5.68. The lowest BCUT2D eigenvalue weighted by molar-refractivity contribution is -0.125. The van der Waals surface area contributed by atoms with E-state index in [-0.39, 0.29) is 36.5 Å². The van der Waals surface area contributed by atoms with Crippen molar-refractivity contribution in [2.75, 3.05) is 97.8 Å². The number of hydrogen-bond acceptors (Lipinski definition) is 13. The highest BCUT2D eigenvalue weighted by atomic mass is 31.2. The van der Waals surface area contributed by atoms with E-state index in [0.717, 1.165) is 48.1 Å². The molecular weight excluding hydrogens is 819 g/mol. The molecule has 62 heavy (non-hydrogen) atoms. The number of benzene rings is 2. The first kappa shape index (κ1) is 52.4. The summed E-state index contributed by atoms with van der Waals surface area (Å²) in [7, 11) is -0.391. The van der Waals surface area contributed by atoms with Crippen LogP contribution in [0, 0.1) is 5.92 Å². The molecule has 0 saturated heterocycles. The third-order valence-corrected chi connectivity index (χ3v) is 10.1. The summed E-state index contributed by atoms with van der Waals surface area (Å²) < 4.78 is 39.7. The summed E-state index contributed by atoms with van der Waals surface area (Å²) in [5.74, 6) is -0.333. The van der Waals surface area contributed by atoms with Crippen LogP contribution in [0.15, 0.2) is 48.5 Å². The summed E-state index contributed by atoms with van der Waals surface area (Å²) in [6.45, 7) is 14.3. The number of para-hydroxylation sites is 1. The smallest absolute Gasteiger partial charge is 0.329 e. The maximum absolute atomic E-state index is 13.8. The number of ether oxygens (including phenoxy) is 5. The van der Waals surface area contributed by atoms with E-state index in [2.05, 4.69) is 20.9 Å². The molecule has 2 aromatic carbocycles. The fourth-order valence-corrected chi connectivity index (χ4v) is 6.62. The summed E-state index contributed by atoms with van der Waals surface area (Å²) in [5.41, 5.74) is 4.88. The number of amides is 3. The minimum Gasteiger partial charge on any atom is -0.377 e. The third kappa shape index (κ3) is 19.2. The number of nitrogens with zero attached hydrogens (tertiary/aromatic N) is 4. The molecular formula is C44H69N6O11P. The fraction of sp³-hybridized carbons (Fsp3) is 0.614. The van der Waals surface area contributed by atoms with Gasteiger partial charge in [0.2, 0.25) is 17.7 Å². The number of carbonyl (C=O) groups is 3. The summed E-state index contributed by atoms with van der Waals surface area (Å²) in [6, 6.07) is 15.6. The zero-order chi connectivity index (χ0) is 44.8. The van der Waals surface area contributed by atoms with Crippen molar-refractivity contribution >= 4 is 32.0 Å². The van der Waals surface area contributed by atoms with Crippen LogP contribution in [-0.2, 0) is 60.2 Å². The lowest BCUT2D eigenvalue weighted by Crippen LogP contribution is -2.33. The highest BCUT2D eigenvalue weighted by Gasteiger charge is 2.29. The molecule has 1 aromatic heterocycles. The summed E-state index contributed by atoms with van der Waals surface area (Å²) in [5, 5.41) is 14.9. The lowest BCUT2D eigenvalue weighted by atomic mass is 9.95. The second-order valence-electron chi connectivity index (χ2n) is 14.2. The van der Waals surface area contributed by atoms with Crippen molar-refractivity contribution in [2.45, 2.75) is 79.3 Å². The van der Waals surface area contributed by atoms with Crippen LogP contribution in [0.25, 0.3) is 22.5 Å². The molecule has 0 fully saturated rings. The van der Waals surface area contributed by atoms with Crippen molar-refractivity contribution in [1.82, 2.24) is 25.6 Å². The Labute approximate surface area is 368 Å². The third-order valence-electron chi connectivity index (χ3n) is 9.41. The van der Waals surface area contributed by atoms with E-state index >= 15 is 0 Å². The van der Waals surface area contributed by atoms with E-state index in [9.17, 15) is 19.3 Å². The van der Waals surface area contributed by atoms with Gasteiger partial charge in [-0.15, -0.1) is 5.10 Å². The Kier molecular flexibility index (Phi) is 27.0. The Hall–Kier alpha value is -3.90. The summed E-state index contributed by atoms with van der Waals surface area (Å²) >= 11 is 0. The van der Waals surface area contributed by atoms with Gasteiger partial charge in [-0.2, -0.15) is 0 Å². The Balaban J connectivity index is 0.00000504. The molecule has 17 nitrogen and oxygen atoms in total. The molecule has 3 N–H and O–H groups in total.